The molecule has 0 amide bonds. The van der Waals surface area contributed by atoms with Gasteiger partial charge in [0.2, 0.25) is 5.69 Å². The van der Waals surface area contributed by atoms with E-state index in [9.17, 15) is 0 Å². The van der Waals surface area contributed by atoms with Crippen LogP contribution in [-0.2, 0) is 7.05 Å². The van der Waals surface area contributed by atoms with Crippen molar-refractivity contribution in [2.45, 2.75) is 6.92 Å². The van der Waals surface area contributed by atoms with Crippen molar-refractivity contribution in [3.05, 3.63) is 66.5 Å². The molecule has 4 rings (SSSR count). The molecule has 3 nitrogen and oxygen atoms in total. The standard InChI is InChI=1S/C18H16N3/c1-13-9-10-14-18(21-12-6-4-8-16(21)19-14)17(13)15-7-3-5-11-20(15)2/h3-12H,1-2H3/q+1. The Balaban J connectivity index is 2.22. The highest BCUT2D eigenvalue weighted by atomic mass is 15.0. The number of nitrogens with zero attached hydrogens (tertiary/aromatic N) is 3. The van der Waals surface area contributed by atoms with E-state index in [-0.39, 0.29) is 0 Å². The maximum atomic E-state index is 4.73. The van der Waals surface area contributed by atoms with Crippen molar-refractivity contribution in [2.24, 2.45) is 7.05 Å². The summed E-state index contributed by atoms with van der Waals surface area (Å²) < 4.78 is 4.33. The Bertz CT molecular complexity index is 967. The normalized spacial score (nSPS) is 11.3. The van der Waals surface area contributed by atoms with E-state index in [4.69, 9.17) is 4.98 Å². The van der Waals surface area contributed by atoms with Gasteiger partial charge in [0.1, 0.15) is 12.7 Å². The summed E-state index contributed by atoms with van der Waals surface area (Å²) in [6, 6.07) is 16.7. The minimum absolute atomic E-state index is 0.984. The SMILES string of the molecule is Cc1ccc2nc3ccccn3c2c1-c1cccc[n+]1C. The van der Waals surface area contributed by atoms with Crippen molar-refractivity contribution in [3.63, 3.8) is 0 Å². The van der Waals surface area contributed by atoms with E-state index in [1.165, 1.54) is 22.3 Å². The Morgan fingerprint density at radius 1 is 1.00 bits per heavy atom. The molecule has 21 heavy (non-hydrogen) atoms. The monoisotopic (exact) mass is 274 g/mol. The van der Waals surface area contributed by atoms with Crippen molar-refractivity contribution < 1.29 is 4.57 Å². The molecule has 102 valence electrons. The fourth-order valence-corrected chi connectivity index (χ4v) is 2.96. The lowest BCUT2D eigenvalue weighted by Gasteiger charge is -2.07. The Morgan fingerprint density at radius 3 is 2.71 bits per heavy atom. The highest BCUT2D eigenvalue weighted by Crippen LogP contribution is 2.30. The van der Waals surface area contributed by atoms with Crippen LogP contribution in [0.3, 0.4) is 0 Å². The molecule has 1 aromatic carbocycles. The molecule has 3 heterocycles. The highest BCUT2D eigenvalue weighted by molar-refractivity contribution is 5.94. The molecule has 0 aliphatic rings. The summed E-state index contributed by atoms with van der Waals surface area (Å²) in [7, 11) is 2.08. The molecule has 0 bridgehead atoms. The molecule has 0 aliphatic heterocycles. The van der Waals surface area contributed by atoms with Crippen molar-refractivity contribution in [1.29, 1.82) is 0 Å². The zero-order valence-electron chi connectivity index (χ0n) is 12.1. The predicted molar refractivity (Wildman–Crippen MR) is 84.0 cm³/mol. The van der Waals surface area contributed by atoms with Gasteiger partial charge < -0.3 is 0 Å². The summed E-state index contributed by atoms with van der Waals surface area (Å²) in [4.78, 5) is 4.73. The van der Waals surface area contributed by atoms with Gasteiger partial charge in [-0.1, -0.05) is 12.1 Å². The Labute approximate surface area is 123 Å². The second kappa shape index (κ2) is 4.42. The average Bonchev–Trinajstić information content (AvgIpc) is 2.87. The lowest BCUT2D eigenvalue weighted by Crippen LogP contribution is -2.30. The number of imidazole rings is 1. The molecule has 0 N–H and O–H groups in total. The van der Waals surface area contributed by atoms with Crippen molar-refractivity contribution in [1.82, 2.24) is 9.38 Å². The van der Waals surface area contributed by atoms with Crippen LogP contribution < -0.4 is 4.57 Å². The van der Waals surface area contributed by atoms with Gasteiger partial charge in [0, 0.05) is 18.3 Å². The molecule has 0 spiro atoms. The van der Waals surface area contributed by atoms with Crippen LogP contribution in [0.5, 0.6) is 0 Å². The van der Waals surface area contributed by atoms with E-state index in [1.54, 1.807) is 0 Å². The molecular formula is C18H16N3+. The summed E-state index contributed by atoms with van der Waals surface area (Å²) >= 11 is 0. The number of fused-ring (bicyclic) bond motifs is 3. The van der Waals surface area contributed by atoms with Crippen LogP contribution >= 0.6 is 0 Å². The molecule has 4 aromatic rings. The summed E-state index contributed by atoms with van der Waals surface area (Å²) in [5, 5.41) is 0. The van der Waals surface area contributed by atoms with Gasteiger partial charge in [-0.05, 0) is 36.8 Å². The highest BCUT2D eigenvalue weighted by Gasteiger charge is 2.18. The maximum Gasteiger partial charge on any atom is 0.214 e. The molecule has 0 saturated heterocycles. The second-order valence-electron chi connectivity index (χ2n) is 5.36. The largest absolute Gasteiger partial charge is 0.299 e. The van der Waals surface area contributed by atoms with E-state index in [1.807, 2.05) is 24.3 Å². The van der Waals surface area contributed by atoms with Crippen molar-refractivity contribution in [2.75, 3.05) is 0 Å². The minimum atomic E-state index is 0.984. The predicted octanol–water partition coefficient (Wildman–Crippen LogP) is 3.29. The number of aromatic nitrogens is 3. The number of pyridine rings is 2. The van der Waals surface area contributed by atoms with Gasteiger partial charge in [-0.3, -0.25) is 4.40 Å². The van der Waals surface area contributed by atoms with Crippen molar-refractivity contribution >= 4 is 16.7 Å². The van der Waals surface area contributed by atoms with Gasteiger partial charge in [0.05, 0.1) is 16.6 Å². The number of hydrogen-bond donors (Lipinski definition) is 0. The zero-order chi connectivity index (χ0) is 14.4. The summed E-state index contributed by atoms with van der Waals surface area (Å²) in [6.45, 7) is 2.16. The number of aryl methyl sites for hydroxylation is 2. The average molecular weight is 274 g/mol. The van der Waals surface area contributed by atoms with E-state index in [0.717, 1.165) is 11.2 Å². The first-order valence-electron chi connectivity index (χ1n) is 7.07. The van der Waals surface area contributed by atoms with E-state index in [2.05, 4.69) is 59.6 Å². The van der Waals surface area contributed by atoms with Crippen LogP contribution in [0.25, 0.3) is 27.9 Å². The van der Waals surface area contributed by atoms with Crippen LogP contribution in [0.4, 0.5) is 0 Å². The van der Waals surface area contributed by atoms with E-state index in [0.29, 0.717) is 0 Å². The number of benzene rings is 1. The van der Waals surface area contributed by atoms with Crippen LogP contribution in [0.15, 0.2) is 60.9 Å². The third-order valence-corrected chi connectivity index (χ3v) is 3.99. The molecule has 3 aromatic heterocycles. The quantitative estimate of drug-likeness (QED) is 0.488. The summed E-state index contributed by atoms with van der Waals surface area (Å²) in [6.07, 6.45) is 4.16. The van der Waals surface area contributed by atoms with E-state index >= 15 is 0 Å². The number of rotatable bonds is 1. The summed E-state index contributed by atoms with van der Waals surface area (Å²) in [5.41, 5.74) is 6.89. The fourth-order valence-electron chi connectivity index (χ4n) is 2.96. The lowest BCUT2D eigenvalue weighted by molar-refractivity contribution is -0.660. The second-order valence-corrected chi connectivity index (χ2v) is 5.36. The first kappa shape index (κ1) is 12.1. The van der Waals surface area contributed by atoms with Crippen molar-refractivity contribution in [3.8, 4) is 11.3 Å². The minimum Gasteiger partial charge on any atom is -0.299 e. The molecular weight excluding hydrogens is 258 g/mol. The molecule has 0 radical (unpaired) electrons. The van der Waals surface area contributed by atoms with Crippen LogP contribution in [-0.4, -0.2) is 9.38 Å². The third-order valence-electron chi connectivity index (χ3n) is 3.99. The van der Waals surface area contributed by atoms with Gasteiger partial charge in [0.25, 0.3) is 0 Å². The van der Waals surface area contributed by atoms with E-state index < -0.39 is 0 Å². The maximum absolute atomic E-state index is 4.73. The molecule has 0 unspecified atom stereocenters. The third kappa shape index (κ3) is 1.74. The van der Waals surface area contributed by atoms with Crippen LogP contribution in [0.1, 0.15) is 5.56 Å². The smallest absolute Gasteiger partial charge is 0.214 e. The molecule has 3 heteroatoms. The Hall–Kier alpha value is -2.68. The lowest BCUT2D eigenvalue weighted by atomic mass is 10.0. The van der Waals surface area contributed by atoms with Crippen LogP contribution in [0.2, 0.25) is 0 Å². The van der Waals surface area contributed by atoms with Gasteiger partial charge in [-0.15, -0.1) is 0 Å². The van der Waals surface area contributed by atoms with Gasteiger partial charge >= 0.3 is 0 Å². The Morgan fingerprint density at radius 2 is 1.86 bits per heavy atom. The fraction of sp³-hybridized carbons (Fsp3) is 0.111. The number of hydrogen-bond acceptors (Lipinski definition) is 1. The first-order chi connectivity index (χ1) is 10.3. The summed E-state index contributed by atoms with van der Waals surface area (Å²) in [5.74, 6) is 0. The first-order valence-corrected chi connectivity index (χ1v) is 7.07. The molecule has 0 fully saturated rings. The van der Waals surface area contributed by atoms with Gasteiger partial charge in [0.15, 0.2) is 6.20 Å². The topological polar surface area (TPSA) is 21.2 Å². The molecule has 0 aliphatic carbocycles. The van der Waals surface area contributed by atoms with Crippen LogP contribution in [0, 0.1) is 6.92 Å². The zero-order valence-corrected chi connectivity index (χ0v) is 12.1. The van der Waals surface area contributed by atoms with Gasteiger partial charge in [-0.25, -0.2) is 9.55 Å². The Kier molecular flexibility index (Phi) is 2.54. The molecule has 0 saturated carbocycles. The van der Waals surface area contributed by atoms with Gasteiger partial charge in [-0.2, -0.15) is 0 Å². The molecule has 0 atom stereocenters.